The molecule has 6 heteroatoms. The molecule has 1 aliphatic rings. The lowest BCUT2D eigenvalue weighted by Crippen LogP contribution is -2.36. The van der Waals surface area contributed by atoms with Crippen molar-refractivity contribution in [3.05, 3.63) is 23.8 Å². The first kappa shape index (κ1) is 14.3. The Kier molecular flexibility index (Phi) is 4.13. The number of hydrogen-bond acceptors (Lipinski definition) is 4. The Morgan fingerprint density at radius 3 is 2.68 bits per heavy atom. The quantitative estimate of drug-likeness (QED) is 0.895. The van der Waals surface area contributed by atoms with Crippen LogP contribution in [0.1, 0.15) is 12.0 Å². The van der Waals surface area contributed by atoms with Crippen molar-refractivity contribution in [2.24, 2.45) is 0 Å². The maximum Gasteiger partial charge on any atom is 0.240 e. The molecule has 0 aromatic heterocycles. The van der Waals surface area contributed by atoms with E-state index >= 15 is 0 Å². The van der Waals surface area contributed by atoms with Crippen molar-refractivity contribution in [2.45, 2.75) is 24.3 Å². The second-order valence-electron chi connectivity index (χ2n) is 5.00. The van der Waals surface area contributed by atoms with Gasteiger partial charge in [0.25, 0.3) is 0 Å². The van der Waals surface area contributed by atoms with Crippen LogP contribution in [0.15, 0.2) is 23.1 Å². The molecular weight excluding hydrogens is 264 g/mol. The van der Waals surface area contributed by atoms with E-state index in [2.05, 4.69) is 9.62 Å². The first-order chi connectivity index (χ1) is 8.92. The number of hydrogen-bond donors (Lipinski definition) is 1. The molecule has 1 fully saturated rings. The number of likely N-dealkylation sites (tertiary alicyclic amines) is 1. The first-order valence-corrected chi connectivity index (χ1v) is 7.76. The molecule has 0 saturated carbocycles. The van der Waals surface area contributed by atoms with Crippen LogP contribution in [0.25, 0.3) is 0 Å². The van der Waals surface area contributed by atoms with Crippen LogP contribution in [0.3, 0.4) is 0 Å². The highest BCUT2D eigenvalue weighted by atomic mass is 32.2. The van der Waals surface area contributed by atoms with Gasteiger partial charge in [0.2, 0.25) is 10.0 Å². The van der Waals surface area contributed by atoms with Crippen LogP contribution in [0.5, 0.6) is 5.75 Å². The third-order valence-corrected chi connectivity index (χ3v) is 4.91. The topological polar surface area (TPSA) is 58.6 Å². The lowest BCUT2D eigenvalue weighted by molar-refractivity contribution is 0.407. The summed E-state index contributed by atoms with van der Waals surface area (Å²) in [5.41, 5.74) is 0.814. The smallest absolute Gasteiger partial charge is 0.240 e. The number of rotatable bonds is 4. The molecule has 1 aliphatic heterocycles. The van der Waals surface area contributed by atoms with Crippen LogP contribution >= 0.6 is 0 Å². The molecule has 5 nitrogen and oxygen atoms in total. The summed E-state index contributed by atoms with van der Waals surface area (Å²) in [6.45, 7) is 3.52. The molecule has 19 heavy (non-hydrogen) atoms. The van der Waals surface area contributed by atoms with E-state index in [4.69, 9.17) is 4.74 Å². The van der Waals surface area contributed by atoms with Gasteiger partial charge in [0.1, 0.15) is 5.75 Å². The molecule has 106 valence electrons. The van der Waals surface area contributed by atoms with E-state index < -0.39 is 10.0 Å². The van der Waals surface area contributed by atoms with Crippen LogP contribution in [0, 0.1) is 6.92 Å². The lowest BCUT2D eigenvalue weighted by Gasteiger charge is -2.14. The zero-order valence-electron chi connectivity index (χ0n) is 11.5. The van der Waals surface area contributed by atoms with E-state index in [1.807, 2.05) is 14.0 Å². The standard InChI is InChI=1S/C13H20N2O3S/c1-10-8-12(4-5-13(10)18-3)19(16,17)14-11-6-7-15(2)9-11/h4-5,8,11,14H,6-7,9H2,1-3H3. The monoisotopic (exact) mass is 284 g/mol. The summed E-state index contributed by atoms with van der Waals surface area (Å²) < 4.78 is 32.4. The fourth-order valence-corrected chi connectivity index (χ4v) is 3.68. The molecule has 0 spiro atoms. The molecule has 0 bridgehead atoms. The molecule has 1 atom stereocenters. The second-order valence-corrected chi connectivity index (χ2v) is 6.71. The number of nitrogens with one attached hydrogen (secondary N) is 1. The molecular formula is C13H20N2O3S. The molecule has 2 rings (SSSR count). The Bertz CT molecular complexity index is 557. The molecule has 1 heterocycles. The number of ether oxygens (including phenoxy) is 1. The van der Waals surface area contributed by atoms with Gasteiger partial charge in [0, 0.05) is 12.6 Å². The number of likely N-dealkylation sites (N-methyl/N-ethyl adjacent to an activating group) is 1. The summed E-state index contributed by atoms with van der Waals surface area (Å²) in [6, 6.07) is 4.90. The number of sulfonamides is 1. The second kappa shape index (κ2) is 5.48. The highest BCUT2D eigenvalue weighted by molar-refractivity contribution is 7.89. The van der Waals surface area contributed by atoms with E-state index in [9.17, 15) is 8.42 Å². The van der Waals surface area contributed by atoms with Gasteiger partial charge in [-0.3, -0.25) is 0 Å². The average Bonchev–Trinajstić information content (AvgIpc) is 2.73. The van der Waals surface area contributed by atoms with Crippen molar-refractivity contribution >= 4 is 10.0 Å². The van der Waals surface area contributed by atoms with Gasteiger partial charge in [-0.1, -0.05) is 0 Å². The zero-order chi connectivity index (χ0) is 14.0. The summed E-state index contributed by atoms with van der Waals surface area (Å²) in [5.74, 6) is 0.694. The maximum absolute atomic E-state index is 12.3. The SMILES string of the molecule is COc1ccc(S(=O)(=O)NC2CCN(C)C2)cc1C. The third kappa shape index (κ3) is 3.26. The maximum atomic E-state index is 12.3. The van der Waals surface area contributed by atoms with Crippen LogP contribution in [0.4, 0.5) is 0 Å². The van der Waals surface area contributed by atoms with Gasteiger partial charge in [-0.2, -0.15) is 0 Å². The normalized spacial score (nSPS) is 20.7. The minimum atomic E-state index is -3.45. The molecule has 1 aromatic rings. The van der Waals surface area contributed by atoms with Crippen molar-refractivity contribution in [1.82, 2.24) is 9.62 Å². The van der Waals surface area contributed by atoms with Crippen molar-refractivity contribution in [2.75, 3.05) is 27.2 Å². The van der Waals surface area contributed by atoms with E-state index in [0.717, 1.165) is 25.1 Å². The molecule has 1 unspecified atom stereocenters. The molecule has 1 aromatic carbocycles. The van der Waals surface area contributed by atoms with E-state index in [0.29, 0.717) is 10.6 Å². The molecule has 0 amide bonds. The summed E-state index contributed by atoms with van der Waals surface area (Å²) in [4.78, 5) is 2.41. The Labute approximate surface area is 114 Å². The highest BCUT2D eigenvalue weighted by Gasteiger charge is 2.25. The van der Waals surface area contributed by atoms with Gasteiger partial charge in [-0.15, -0.1) is 0 Å². The minimum absolute atomic E-state index is 0.00240. The van der Waals surface area contributed by atoms with E-state index in [1.165, 1.54) is 0 Å². The summed E-state index contributed by atoms with van der Waals surface area (Å²) in [6.07, 6.45) is 0.852. The van der Waals surface area contributed by atoms with E-state index in [1.54, 1.807) is 25.3 Å². The van der Waals surface area contributed by atoms with Crippen LogP contribution in [-0.4, -0.2) is 46.6 Å². The predicted molar refractivity (Wildman–Crippen MR) is 74.0 cm³/mol. The molecule has 0 radical (unpaired) electrons. The lowest BCUT2D eigenvalue weighted by atomic mass is 10.2. The number of aryl methyl sites for hydroxylation is 1. The van der Waals surface area contributed by atoms with Crippen molar-refractivity contribution in [3.63, 3.8) is 0 Å². The number of benzene rings is 1. The Morgan fingerprint density at radius 1 is 1.42 bits per heavy atom. The van der Waals surface area contributed by atoms with Gasteiger partial charge in [-0.05, 0) is 50.7 Å². The zero-order valence-corrected chi connectivity index (χ0v) is 12.3. The van der Waals surface area contributed by atoms with Gasteiger partial charge in [-0.25, -0.2) is 13.1 Å². The highest BCUT2D eigenvalue weighted by Crippen LogP contribution is 2.22. The molecule has 0 aliphatic carbocycles. The van der Waals surface area contributed by atoms with Crippen molar-refractivity contribution in [1.29, 1.82) is 0 Å². The summed E-state index contributed by atoms with van der Waals surface area (Å²) >= 11 is 0. The third-order valence-electron chi connectivity index (χ3n) is 3.39. The van der Waals surface area contributed by atoms with Gasteiger partial charge in [0.15, 0.2) is 0 Å². The fraction of sp³-hybridized carbons (Fsp3) is 0.538. The van der Waals surface area contributed by atoms with Crippen molar-refractivity contribution in [3.8, 4) is 5.75 Å². The molecule has 1 N–H and O–H groups in total. The van der Waals surface area contributed by atoms with Crippen LogP contribution in [-0.2, 0) is 10.0 Å². The number of nitrogens with zero attached hydrogens (tertiary/aromatic N) is 1. The Hall–Kier alpha value is -1.11. The van der Waals surface area contributed by atoms with Gasteiger partial charge < -0.3 is 9.64 Å². The van der Waals surface area contributed by atoms with Gasteiger partial charge in [0.05, 0.1) is 12.0 Å². The largest absolute Gasteiger partial charge is 0.496 e. The predicted octanol–water partition coefficient (Wildman–Crippen LogP) is 0.986. The molecule has 1 saturated heterocycles. The fourth-order valence-electron chi connectivity index (χ4n) is 2.34. The Balaban J connectivity index is 2.17. The van der Waals surface area contributed by atoms with E-state index in [-0.39, 0.29) is 6.04 Å². The summed E-state index contributed by atoms with van der Waals surface area (Å²) in [5, 5.41) is 0. The average molecular weight is 284 g/mol. The number of methoxy groups -OCH3 is 1. The Morgan fingerprint density at radius 2 is 2.16 bits per heavy atom. The first-order valence-electron chi connectivity index (χ1n) is 6.28. The minimum Gasteiger partial charge on any atom is -0.496 e. The van der Waals surface area contributed by atoms with Crippen molar-refractivity contribution < 1.29 is 13.2 Å². The van der Waals surface area contributed by atoms with Crippen LogP contribution < -0.4 is 9.46 Å². The summed E-state index contributed by atoms with van der Waals surface area (Å²) in [7, 11) is 0.118. The van der Waals surface area contributed by atoms with Crippen LogP contribution in [0.2, 0.25) is 0 Å². The van der Waals surface area contributed by atoms with Gasteiger partial charge >= 0.3 is 0 Å².